The number of nitrogens with zero attached hydrogens (tertiary/aromatic N) is 5. The Morgan fingerprint density at radius 1 is 0.475 bits per heavy atom. The minimum atomic E-state index is -0.000942. The predicted molar refractivity (Wildman–Crippen MR) is 246 cm³/mol. The molecule has 0 saturated heterocycles. The largest absolute Gasteiger partial charge is 0.311 e. The highest BCUT2D eigenvalue weighted by molar-refractivity contribution is 8.15. The van der Waals surface area contributed by atoms with Crippen LogP contribution >= 0.6 is 11.8 Å². The van der Waals surface area contributed by atoms with Crippen molar-refractivity contribution in [1.29, 1.82) is 0 Å². The Balaban J connectivity index is 1.08. The van der Waals surface area contributed by atoms with Crippen LogP contribution in [-0.4, -0.2) is 30.9 Å². The predicted octanol–water partition coefficient (Wildman–Crippen LogP) is 11.4. The molecular weight excluding hydrogens is 739 g/mol. The SMILES string of the molecule is C1=c2c(n(-c3cc(-c4ccccc4)nc(-c4ccccc4)n3)c3ccc(-c4ccc(N(c5ccccc5)c5ccccc5)cc4)cc23)=CC2N=C(c3ccccc3)SC12. The van der Waals surface area contributed by atoms with Crippen LogP contribution < -0.4 is 15.5 Å². The number of rotatable bonds is 8. The first-order valence-corrected chi connectivity index (χ1v) is 20.8. The number of fused-ring (bicyclic) bond motifs is 4. The van der Waals surface area contributed by atoms with E-state index in [2.05, 4.69) is 198 Å². The van der Waals surface area contributed by atoms with Crippen molar-refractivity contribution in [3.63, 3.8) is 0 Å². The molecule has 0 radical (unpaired) electrons. The number of aromatic nitrogens is 3. The molecule has 2 aliphatic rings. The third-order valence-corrected chi connectivity index (χ3v) is 12.4. The van der Waals surface area contributed by atoms with E-state index in [-0.39, 0.29) is 11.3 Å². The van der Waals surface area contributed by atoms with Crippen LogP contribution in [0.5, 0.6) is 0 Å². The Bertz CT molecular complexity index is 3020. The summed E-state index contributed by atoms with van der Waals surface area (Å²) in [4.78, 5) is 18.0. The van der Waals surface area contributed by atoms with E-state index in [1.165, 1.54) is 10.6 Å². The quantitative estimate of drug-likeness (QED) is 0.154. The lowest BCUT2D eigenvalue weighted by Crippen LogP contribution is -2.37. The first-order chi connectivity index (χ1) is 29.2. The van der Waals surface area contributed by atoms with Crippen LogP contribution in [-0.2, 0) is 0 Å². The van der Waals surface area contributed by atoms with Gasteiger partial charge in [-0.1, -0.05) is 163 Å². The van der Waals surface area contributed by atoms with Crippen LogP contribution in [0.4, 0.5) is 17.1 Å². The van der Waals surface area contributed by atoms with Gasteiger partial charge < -0.3 is 4.90 Å². The van der Waals surface area contributed by atoms with Crippen molar-refractivity contribution in [3.05, 3.63) is 216 Å². The van der Waals surface area contributed by atoms with Crippen molar-refractivity contribution in [2.45, 2.75) is 11.3 Å². The minimum absolute atomic E-state index is 0.000942. The van der Waals surface area contributed by atoms with Crippen molar-refractivity contribution in [2.24, 2.45) is 4.99 Å². The third kappa shape index (κ3) is 6.54. The second-order valence-corrected chi connectivity index (χ2v) is 16.0. The van der Waals surface area contributed by atoms with E-state index in [1.807, 2.05) is 36.0 Å². The molecule has 11 rings (SSSR count). The number of benzene rings is 7. The lowest BCUT2D eigenvalue weighted by atomic mass is 10.0. The molecule has 2 atom stereocenters. The van der Waals surface area contributed by atoms with E-state index in [4.69, 9.17) is 15.0 Å². The first-order valence-electron chi connectivity index (χ1n) is 19.9. The molecule has 1 aliphatic heterocycles. The van der Waals surface area contributed by atoms with Crippen LogP contribution in [0.3, 0.4) is 0 Å². The van der Waals surface area contributed by atoms with Crippen molar-refractivity contribution >= 4 is 56.9 Å². The second-order valence-electron chi connectivity index (χ2n) is 14.8. The Morgan fingerprint density at radius 3 is 1.68 bits per heavy atom. The van der Waals surface area contributed by atoms with Gasteiger partial charge in [-0.15, -0.1) is 0 Å². The van der Waals surface area contributed by atoms with Gasteiger partial charge >= 0.3 is 0 Å². The fraction of sp³-hybridized carbons (Fsp3) is 0.0377. The van der Waals surface area contributed by atoms with Gasteiger partial charge in [0, 0.05) is 50.4 Å². The average Bonchev–Trinajstić information content (AvgIpc) is 3.88. The molecule has 3 heterocycles. The molecule has 6 heteroatoms. The summed E-state index contributed by atoms with van der Waals surface area (Å²) in [5, 5.41) is 4.76. The highest BCUT2D eigenvalue weighted by Gasteiger charge is 2.31. The Labute approximate surface area is 347 Å². The van der Waals surface area contributed by atoms with Gasteiger partial charge in [0.25, 0.3) is 0 Å². The minimum Gasteiger partial charge on any atom is -0.311 e. The van der Waals surface area contributed by atoms with Gasteiger partial charge in [0.1, 0.15) is 5.82 Å². The molecule has 5 nitrogen and oxygen atoms in total. The molecule has 1 aliphatic carbocycles. The maximum atomic E-state index is 5.31. The zero-order chi connectivity index (χ0) is 39.1. The summed E-state index contributed by atoms with van der Waals surface area (Å²) >= 11 is 1.85. The molecular formula is C53H37N5S. The summed E-state index contributed by atoms with van der Waals surface area (Å²) in [6.45, 7) is 0. The van der Waals surface area contributed by atoms with Gasteiger partial charge in [-0.05, 0) is 65.7 Å². The summed E-state index contributed by atoms with van der Waals surface area (Å²) in [7, 11) is 0. The number of aliphatic imine (C=N–C) groups is 1. The highest BCUT2D eigenvalue weighted by atomic mass is 32.2. The summed E-state index contributed by atoms with van der Waals surface area (Å²) < 4.78 is 2.32. The van der Waals surface area contributed by atoms with Gasteiger partial charge in [0.2, 0.25) is 0 Å². The van der Waals surface area contributed by atoms with Crippen LogP contribution in [0.15, 0.2) is 205 Å². The normalized spacial score (nSPS) is 15.4. The highest BCUT2D eigenvalue weighted by Crippen LogP contribution is 2.37. The Hall–Kier alpha value is -7.28. The summed E-state index contributed by atoms with van der Waals surface area (Å²) in [6.07, 6.45) is 4.79. The first kappa shape index (κ1) is 34.9. The van der Waals surface area contributed by atoms with E-state index in [0.717, 1.165) is 72.3 Å². The maximum Gasteiger partial charge on any atom is 0.162 e. The number of thioether (sulfide) groups is 1. The van der Waals surface area contributed by atoms with Crippen molar-refractivity contribution < 1.29 is 0 Å². The molecule has 2 unspecified atom stereocenters. The number of hydrogen-bond donors (Lipinski definition) is 0. The standard InChI is InChI=1S/C53H37N5S/c1-6-16-37(17-7-1)46-35-51(56-52(54-46)38-18-8-2-9-19-38)58-48-31-28-40(32-44(48)45-33-50-47(34-49(45)58)55-53(59-50)39-20-10-3-11-21-39)36-26-29-43(30-27-36)57(41-22-12-4-13-23-41)42-24-14-5-15-25-42/h1-35,47,50H. The van der Waals surface area contributed by atoms with E-state index in [9.17, 15) is 0 Å². The maximum absolute atomic E-state index is 5.31. The number of hydrogen-bond acceptors (Lipinski definition) is 5. The Kier molecular flexibility index (Phi) is 8.82. The van der Waals surface area contributed by atoms with Gasteiger partial charge in [-0.25, -0.2) is 9.97 Å². The molecule has 0 bridgehead atoms. The van der Waals surface area contributed by atoms with Crippen LogP contribution in [0.2, 0.25) is 0 Å². The van der Waals surface area contributed by atoms with Gasteiger partial charge in [-0.2, -0.15) is 0 Å². The van der Waals surface area contributed by atoms with Crippen molar-refractivity contribution in [3.8, 4) is 39.6 Å². The lowest BCUT2D eigenvalue weighted by Gasteiger charge is -2.25. The van der Waals surface area contributed by atoms with E-state index < -0.39 is 0 Å². The molecule has 7 aromatic carbocycles. The average molecular weight is 776 g/mol. The van der Waals surface area contributed by atoms with Gasteiger partial charge in [0.05, 0.1) is 32.9 Å². The number of anilines is 3. The molecule has 2 aromatic heterocycles. The zero-order valence-corrected chi connectivity index (χ0v) is 32.8. The van der Waals surface area contributed by atoms with E-state index >= 15 is 0 Å². The molecule has 0 saturated carbocycles. The topological polar surface area (TPSA) is 46.3 Å². The smallest absolute Gasteiger partial charge is 0.162 e. The number of para-hydroxylation sites is 2. The molecule has 0 amide bonds. The van der Waals surface area contributed by atoms with Crippen molar-refractivity contribution in [2.75, 3.05) is 4.90 Å². The van der Waals surface area contributed by atoms with Crippen LogP contribution in [0.1, 0.15) is 5.56 Å². The summed E-state index contributed by atoms with van der Waals surface area (Å²) in [6, 6.07) is 70.1. The van der Waals surface area contributed by atoms with E-state index in [0.29, 0.717) is 5.82 Å². The Morgan fingerprint density at radius 2 is 1.03 bits per heavy atom. The summed E-state index contributed by atoms with van der Waals surface area (Å²) in [5.74, 6) is 1.51. The fourth-order valence-electron chi connectivity index (χ4n) is 8.28. The molecule has 59 heavy (non-hydrogen) atoms. The van der Waals surface area contributed by atoms with Crippen LogP contribution in [0.25, 0.3) is 62.6 Å². The van der Waals surface area contributed by atoms with Gasteiger partial charge in [0.15, 0.2) is 5.82 Å². The molecule has 280 valence electrons. The molecule has 0 fully saturated rings. The molecule has 0 spiro atoms. The van der Waals surface area contributed by atoms with Crippen LogP contribution in [0, 0.1) is 0 Å². The molecule has 9 aromatic rings. The monoisotopic (exact) mass is 775 g/mol. The summed E-state index contributed by atoms with van der Waals surface area (Å²) in [5.41, 5.74) is 10.8. The van der Waals surface area contributed by atoms with Gasteiger partial charge in [-0.3, -0.25) is 9.56 Å². The molecule has 0 N–H and O–H groups in total. The second kappa shape index (κ2) is 14.9. The third-order valence-electron chi connectivity index (χ3n) is 11.1. The van der Waals surface area contributed by atoms with E-state index in [1.54, 1.807) is 0 Å². The fourth-order valence-corrected chi connectivity index (χ4v) is 9.47. The lowest BCUT2D eigenvalue weighted by molar-refractivity contribution is 0.899. The zero-order valence-electron chi connectivity index (χ0n) is 32.0. The van der Waals surface area contributed by atoms with Crippen molar-refractivity contribution in [1.82, 2.24) is 14.5 Å².